The van der Waals surface area contributed by atoms with Crippen LogP contribution in [0.3, 0.4) is 0 Å². The Morgan fingerprint density at radius 3 is 2.43 bits per heavy atom. The van der Waals surface area contributed by atoms with Gasteiger partial charge < -0.3 is 16.8 Å². The minimum atomic E-state index is -0.0787. The van der Waals surface area contributed by atoms with Gasteiger partial charge in [0.1, 0.15) is 0 Å². The van der Waals surface area contributed by atoms with E-state index >= 15 is 0 Å². The van der Waals surface area contributed by atoms with Gasteiger partial charge in [0.25, 0.3) is 5.11 Å². The van der Waals surface area contributed by atoms with Crippen LogP contribution >= 0.6 is 12.2 Å². The Labute approximate surface area is 48.1 Å². The van der Waals surface area contributed by atoms with Crippen molar-refractivity contribution in [1.82, 2.24) is 5.32 Å². The van der Waals surface area contributed by atoms with Gasteiger partial charge in [0.2, 0.25) is 0 Å². The summed E-state index contributed by atoms with van der Waals surface area (Å²) in [4.78, 5) is 0. The van der Waals surface area contributed by atoms with Gasteiger partial charge in [-0.15, -0.1) is 0 Å². The maximum Gasteiger partial charge on any atom is 0.266 e. The number of quaternary nitrogens is 1. The molecule has 0 aliphatic rings. The van der Waals surface area contributed by atoms with E-state index in [4.69, 9.17) is 5.73 Å². The molecule has 0 fully saturated rings. The Kier molecular flexibility index (Phi) is 2.82. The summed E-state index contributed by atoms with van der Waals surface area (Å²) in [5, 5.41) is 3.20. The normalized spacial score (nSPS) is 13.0. The standard InChI is InChI=1S/C3H9N3S/c1-2(4)6-3(5)7/h2H,4H2,1H3,(H3,5,6,7)/p+1. The molecule has 0 aromatic carbocycles. The van der Waals surface area contributed by atoms with Crippen LogP contribution in [-0.4, -0.2) is 11.3 Å². The van der Waals surface area contributed by atoms with Crippen molar-refractivity contribution in [1.29, 1.82) is 0 Å². The minimum absolute atomic E-state index is 0.0787. The molecule has 0 aliphatic carbocycles. The van der Waals surface area contributed by atoms with Crippen LogP contribution in [0.15, 0.2) is 0 Å². The Bertz CT molecular complexity index is 70.6. The first-order chi connectivity index (χ1) is 3.13. The maximum absolute atomic E-state index is 5.25. The number of nitrogens with two attached hydrogens (primary N) is 1. The van der Waals surface area contributed by atoms with Gasteiger partial charge in [-0.2, -0.15) is 0 Å². The van der Waals surface area contributed by atoms with E-state index in [2.05, 4.69) is 23.3 Å². The van der Waals surface area contributed by atoms with Crippen LogP contribution in [0.4, 0.5) is 0 Å². The van der Waals surface area contributed by atoms with Crippen LogP contribution in [0, 0.1) is 0 Å². The molecular weight excluding hydrogens is 110 g/mol. The molecule has 0 saturated carbocycles. The van der Waals surface area contributed by atoms with Crippen molar-refractivity contribution in [3.63, 3.8) is 0 Å². The zero-order chi connectivity index (χ0) is 5.86. The Morgan fingerprint density at radius 2 is 2.43 bits per heavy atom. The smallest absolute Gasteiger partial charge is 0.266 e. The van der Waals surface area contributed by atoms with E-state index in [0.29, 0.717) is 5.11 Å². The topological polar surface area (TPSA) is 65.7 Å². The van der Waals surface area contributed by atoms with Crippen LogP contribution in [-0.2, 0) is 0 Å². The number of thiocarbonyl (C=S) groups is 1. The van der Waals surface area contributed by atoms with Crippen molar-refractivity contribution in [2.75, 3.05) is 0 Å². The van der Waals surface area contributed by atoms with Gasteiger partial charge in [0.15, 0.2) is 0 Å². The fraction of sp³-hybridized carbons (Fsp3) is 0.667. The molecule has 1 unspecified atom stereocenters. The first-order valence-corrected chi connectivity index (χ1v) is 2.42. The lowest BCUT2D eigenvalue weighted by molar-refractivity contribution is -0.215. The lowest BCUT2D eigenvalue weighted by atomic mass is 10.6. The zero-order valence-corrected chi connectivity index (χ0v) is 5.09. The SMILES string of the molecule is CC(N)NC([NH3+])=S. The molecule has 0 rings (SSSR count). The number of rotatable bonds is 1. The second-order valence-corrected chi connectivity index (χ2v) is 1.85. The molecule has 0 aromatic rings. The molecule has 6 N–H and O–H groups in total. The molecule has 0 spiro atoms. The maximum atomic E-state index is 5.25. The third-order valence-corrected chi connectivity index (χ3v) is 0.507. The monoisotopic (exact) mass is 120 g/mol. The Balaban J connectivity index is 3.13. The zero-order valence-electron chi connectivity index (χ0n) is 4.27. The molecule has 0 radical (unpaired) electrons. The average molecular weight is 120 g/mol. The van der Waals surface area contributed by atoms with Gasteiger partial charge >= 0.3 is 0 Å². The molecule has 0 heterocycles. The van der Waals surface area contributed by atoms with E-state index in [9.17, 15) is 0 Å². The third kappa shape index (κ3) is 5.81. The highest BCUT2D eigenvalue weighted by molar-refractivity contribution is 7.79. The van der Waals surface area contributed by atoms with Crippen molar-refractivity contribution < 1.29 is 5.73 Å². The summed E-state index contributed by atoms with van der Waals surface area (Å²) in [5.41, 5.74) is 8.67. The molecule has 0 saturated heterocycles. The largest absolute Gasteiger partial charge is 0.317 e. The molecule has 0 amide bonds. The van der Waals surface area contributed by atoms with Gasteiger partial charge in [-0.05, 0) is 6.92 Å². The molecule has 0 bridgehead atoms. The van der Waals surface area contributed by atoms with Crippen molar-refractivity contribution in [2.45, 2.75) is 13.1 Å². The Morgan fingerprint density at radius 1 is 2.00 bits per heavy atom. The van der Waals surface area contributed by atoms with Crippen LogP contribution in [0.1, 0.15) is 6.92 Å². The van der Waals surface area contributed by atoms with Crippen LogP contribution in [0.25, 0.3) is 0 Å². The second kappa shape index (κ2) is 2.90. The summed E-state index contributed by atoms with van der Waals surface area (Å²) < 4.78 is 0. The molecule has 3 nitrogen and oxygen atoms in total. The summed E-state index contributed by atoms with van der Waals surface area (Å²) in [5.74, 6) is 0. The van der Waals surface area contributed by atoms with Crippen molar-refractivity contribution in [3.8, 4) is 0 Å². The highest BCUT2D eigenvalue weighted by Gasteiger charge is 1.91. The summed E-state index contributed by atoms with van der Waals surface area (Å²) >= 11 is 4.57. The molecular formula is C3H10N3S+. The predicted octanol–water partition coefficient (Wildman–Crippen LogP) is -1.59. The van der Waals surface area contributed by atoms with E-state index in [1.165, 1.54) is 0 Å². The van der Waals surface area contributed by atoms with Gasteiger partial charge in [-0.1, -0.05) is 0 Å². The lowest BCUT2D eigenvalue weighted by Gasteiger charge is -2.01. The number of hydrogen-bond acceptors (Lipinski definition) is 2. The highest BCUT2D eigenvalue weighted by atomic mass is 32.1. The van der Waals surface area contributed by atoms with E-state index in [-0.39, 0.29) is 6.17 Å². The van der Waals surface area contributed by atoms with Crippen LogP contribution in [0.2, 0.25) is 0 Å². The second-order valence-electron chi connectivity index (χ2n) is 1.36. The van der Waals surface area contributed by atoms with Crippen molar-refractivity contribution >= 4 is 17.3 Å². The fourth-order valence-electron chi connectivity index (χ4n) is 0.254. The summed E-state index contributed by atoms with van der Waals surface area (Å²) in [6, 6.07) is 0. The van der Waals surface area contributed by atoms with Crippen LogP contribution in [0.5, 0.6) is 0 Å². The summed E-state index contributed by atoms with van der Waals surface area (Å²) in [6.45, 7) is 1.80. The van der Waals surface area contributed by atoms with E-state index in [1.54, 1.807) is 6.92 Å². The van der Waals surface area contributed by atoms with Gasteiger partial charge in [-0.25, -0.2) is 0 Å². The average Bonchev–Trinajstić information content (AvgIpc) is 1.27. The molecule has 7 heavy (non-hydrogen) atoms. The number of nitrogens with one attached hydrogen (secondary N) is 1. The van der Waals surface area contributed by atoms with E-state index in [1.807, 2.05) is 0 Å². The van der Waals surface area contributed by atoms with Gasteiger partial charge in [0, 0.05) is 12.2 Å². The van der Waals surface area contributed by atoms with E-state index in [0.717, 1.165) is 0 Å². The first-order valence-electron chi connectivity index (χ1n) is 2.01. The predicted molar refractivity (Wildman–Crippen MR) is 32.3 cm³/mol. The quantitative estimate of drug-likeness (QED) is 0.289. The third-order valence-electron chi connectivity index (χ3n) is 0.389. The summed E-state index contributed by atoms with van der Waals surface area (Å²) in [6.07, 6.45) is -0.0787. The molecule has 0 aromatic heterocycles. The minimum Gasteiger partial charge on any atom is -0.317 e. The van der Waals surface area contributed by atoms with Crippen LogP contribution < -0.4 is 16.8 Å². The molecule has 0 aliphatic heterocycles. The van der Waals surface area contributed by atoms with Gasteiger partial charge in [0.05, 0.1) is 6.17 Å². The van der Waals surface area contributed by atoms with Crippen molar-refractivity contribution in [2.24, 2.45) is 5.73 Å². The molecule has 1 atom stereocenters. The van der Waals surface area contributed by atoms with Gasteiger partial charge in [-0.3, -0.25) is 0 Å². The number of hydrogen-bond donors (Lipinski definition) is 3. The highest BCUT2D eigenvalue weighted by Crippen LogP contribution is 1.60. The van der Waals surface area contributed by atoms with E-state index < -0.39 is 0 Å². The molecule has 4 heteroatoms. The first kappa shape index (κ1) is 6.81. The van der Waals surface area contributed by atoms with Crippen molar-refractivity contribution in [3.05, 3.63) is 0 Å². The molecule has 42 valence electrons. The lowest BCUT2D eigenvalue weighted by Crippen LogP contribution is -2.65. The Hall–Kier alpha value is -0.190. The fourth-order valence-corrected chi connectivity index (χ4v) is 0.440. The summed E-state index contributed by atoms with van der Waals surface area (Å²) in [7, 11) is 0.